The minimum Gasteiger partial charge on any atom is -0.377 e. The highest BCUT2D eigenvalue weighted by Crippen LogP contribution is 2.27. The minimum absolute atomic E-state index is 0.106. The first-order chi connectivity index (χ1) is 8.03. The van der Waals surface area contributed by atoms with Crippen molar-refractivity contribution in [2.24, 2.45) is 0 Å². The standard InChI is InChI=1S/C13H17ClFNO/c1-9-13(2,6-7-17-9)16-8-10-11(14)4-3-5-12(10)15/h3-5,9,16H,6-8H2,1-2H3. The van der Waals surface area contributed by atoms with E-state index in [0.717, 1.165) is 13.0 Å². The fourth-order valence-electron chi connectivity index (χ4n) is 2.06. The number of ether oxygens (including phenoxy) is 1. The fraction of sp³-hybridized carbons (Fsp3) is 0.538. The highest BCUT2D eigenvalue weighted by atomic mass is 35.5. The van der Waals surface area contributed by atoms with Gasteiger partial charge in [0.05, 0.1) is 6.10 Å². The third kappa shape index (κ3) is 2.62. The maximum atomic E-state index is 13.6. The van der Waals surface area contributed by atoms with Gasteiger partial charge in [0.25, 0.3) is 0 Å². The Kier molecular flexibility index (Phi) is 3.71. The van der Waals surface area contributed by atoms with Gasteiger partial charge in [-0.15, -0.1) is 0 Å². The van der Waals surface area contributed by atoms with Gasteiger partial charge in [0, 0.05) is 29.3 Å². The van der Waals surface area contributed by atoms with E-state index in [1.165, 1.54) is 6.07 Å². The maximum absolute atomic E-state index is 13.6. The molecule has 2 unspecified atom stereocenters. The monoisotopic (exact) mass is 257 g/mol. The van der Waals surface area contributed by atoms with Crippen molar-refractivity contribution >= 4 is 11.6 Å². The zero-order valence-corrected chi connectivity index (χ0v) is 10.9. The van der Waals surface area contributed by atoms with Crippen LogP contribution in [0.1, 0.15) is 25.8 Å². The van der Waals surface area contributed by atoms with Crippen molar-refractivity contribution in [1.82, 2.24) is 5.32 Å². The van der Waals surface area contributed by atoms with Crippen LogP contribution in [0.25, 0.3) is 0 Å². The molecular formula is C13H17ClFNO. The second-order valence-corrected chi connectivity index (χ2v) is 5.14. The molecule has 2 nitrogen and oxygen atoms in total. The summed E-state index contributed by atoms with van der Waals surface area (Å²) in [4.78, 5) is 0. The number of hydrogen-bond donors (Lipinski definition) is 1. The molecule has 1 heterocycles. The molecule has 1 saturated heterocycles. The van der Waals surface area contributed by atoms with Gasteiger partial charge in [0.1, 0.15) is 5.82 Å². The predicted molar refractivity (Wildman–Crippen MR) is 66.7 cm³/mol. The molecule has 0 aliphatic carbocycles. The van der Waals surface area contributed by atoms with Crippen molar-refractivity contribution in [3.05, 3.63) is 34.6 Å². The largest absolute Gasteiger partial charge is 0.377 e. The molecule has 0 amide bonds. The second kappa shape index (κ2) is 4.92. The van der Waals surface area contributed by atoms with Gasteiger partial charge in [-0.2, -0.15) is 0 Å². The highest BCUT2D eigenvalue weighted by Gasteiger charge is 2.36. The molecule has 0 bridgehead atoms. The van der Waals surface area contributed by atoms with Crippen LogP contribution < -0.4 is 5.32 Å². The molecule has 1 aliphatic heterocycles. The normalized spacial score (nSPS) is 28.6. The Labute approximate surface area is 106 Å². The molecule has 0 aromatic heterocycles. The molecule has 4 heteroatoms. The van der Waals surface area contributed by atoms with E-state index in [1.54, 1.807) is 12.1 Å². The molecular weight excluding hydrogens is 241 g/mol. The molecule has 17 heavy (non-hydrogen) atoms. The number of nitrogens with one attached hydrogen (secondary N) is 1. The van der Waals surface area contributed by atoms with E-state index in [4.69, 9.17) is 16.3 Å². The van der Waals surface area contributed by atoms with Gasteiger partial charge in [-0.1, -0.05) is 17.7 Å². The highest BCUT2D eigenvalue weighted by molar-refractivity contribution is 6.31. The van der Waals surface area contributed by atoms with Crippen LogP contribution in [0.3, 0.4) is 0 Å². The molecule has 0 spiro atoms. The van der Waals surface area contributed by atoms with Gasteiger partial charge in [-0.05, 0) is 32.4 Å². The second-order valence-electron chi connectivity index (χ2n) is 4.73. The first kappa shape index (κ1) is 12.8. The summed E-state index contributed by atoms with van der Waals surface area (Å²) in [6.45, 7) is 5.30. The molecule has 2 rings (SSSR count). The Balaban J connectivity index is 2.07. The van der Waals surface area contributed by atoms with E-state index >= 15 is 0 Å². The quantitative estimate of drug-likeness (QED) is 0.898. The van der Waals surface area contributed by atoms with Crippen molar-refractivity contribution in [2.45, 2.75) is 38.5 Å². The molecule has 1 aromatic rings. The summed E-state index contributed by atoms with van der Waals surface area (Å²) in [6, 6.07) is 4.75. The van der Waals surface area contributed by atoms with Crippen LogP contribution in [-0.2, 0) is 11.3 Å². The zero-order valence-electron chi connectivity index (χ0n) is 10.1. The van der Waals surface area contributed by atoms with Crippen LogP contribution >= 0.6 is 11.6 Å². The lowest BCUT2D eigenvalue weighted by molar-refractivity contribution is 0.0880. The van der Waals surface area contributed by atoms with Gasteiger partial charge in [0.15, 0.2) is 0 Å². The Morgan fingerprint density at radius 2 is 2.35 bits per heavy atom. The molecule has 1 fully saturated rings. The van der Waals surface area contributed by atoms with Gasteiger partial charge >= 0.3 is 0 Å². The zero-order chi connectivity index (χ0) is 12.5. The van der Waals surface area contributed by atoms with E-state index in [-0.39, 0.29) is 17.5 Å². The predicted octanol–water partition coefficient (Wildman–Crippen LogP) is 3.14. The number of rotatable bonds is 3. The van der Waals surface area contributed by atoms with Crippen molar-refractivity contribution in [2.75, 3.05) is 6.61 Å². The Hall–Kier alpha value is -0.640. The lowest BCUT2D eigenvalue weighted by atomic mass is 9.94. The summed E-state index contributed by atoms with van der Waals surface area (Å²) in [6.07, 6.45) is 1.06. The van der Waals surface area contributed by atoms with Gasteiger partial charge < -0.3 is 10.1 Å². The smallest absolute Gasteiger partial charge is 0.129 e. The summed E-state index contributed by atoms with van der Waals surface area (Å²) < 4.78 is 19.1. The lowest BCUT2D eigenvalue weighted by Gasteiger charge is -2.29. The molecule has 2 atom stereocenters. The SMILES string of the molecule is CC1OCCC1(C)NCc1c(F)cccc1Cl. The average molecular weight is 258 g/mol. The summed E-state index contributed by atoms with van der Waals surface area (Å²) in [5, 5.41) is 3.82. The number of benzene rings is 1. The van der Waals surface area contributed by atoms with Crippen molar-refractivity contribution in [1.29, 1.82) is 0 Å². The summed E-state index contributed by atoms with van der Waals surface area (Å²) >= 11 is 5.99. The van der Waals surface area contributed by atoms with Crippen LogP contribution in [0, 0.1) is 5.82 Å². The van der Waals surface area contributed by atoms with E-state index in [0.29, 0.717) is 17.1 Å². The number of halogens is 2. The Bertz CT molecular complexity index is 392. The van der Waals surface area contributed by atoms with Crippen molar-refractivity contribution in [3.8, 4) is 0 Å². The van der Waals surface area contributed by atoms with E-state index in [1.807, 2.05) is 6.92 Å². The Morgan fingerprint density at radius 3 is 2.94 bits per heavy atom. The summed E-state index contributed by atoms with van der Waals surface area (Å²) in [7, 11) is 0. The molecule has 94 valence electrons. The van der Waals surface area contributed by atoms with Gasteiger partial charge in [0.2, 0.25) is 0 Å². The van der Waals surface area contributed by atoms with Crippen LogP contribution in [0.2, 0.25) is 5.02 Å². The lowest BCUT2D eigenvalue weighted by Crippen LogP contribution is -2.47. The third-order valence-corrected chi connectivity index (χ3v) is 3.97. The molecule has 1 aromatic carbocycles. The first-order valence-electron chi connectivity index (χ1n) is 5.82. The number of hydrogen-bond acceptors (Lipinski definition) is 2. The summed E-state index contributed by atoms with van der Waals surface area (Å²) in [5.74, 6) is -0.264. The van der Waals surface area contributed by atoms with E-state index in [2.05, 4.69) is 12.2 Å². The molecule has 0 saturated carbocycles. The summed E-state index contributed by atoms with van der Waals surface area (Å²) in [5.41, 5.74) is 0.417. The van der Waals surface area contributed by atoms with Crippen LogP contribution in [0.15, 0.2) is 18.2 Å². The topological polar surface area (TPSA) is 21.3 Å². The van der Waals surface area contributed by atoms with Crippen molar-refractivity contribution in [3.63, 3.8) is 0 Å². The van der Waals surface area contributed by atoms with Crippen LogP contribution in [0.5, 0.6) is 0 Å². The maximum Gasteiger partial charge on any atom is 0.129 e. The van der Waals surface area contributed by atoms with Gasteiger partial charge in [-0.25, -0.2) is 4.39 Å². The van der Waals surface area contributed by atoms with Gasteiger partial charge in [-0.3, -0.25) is 0 Å². The molecule has 0 radical (unpaired) electrons. The first-order valence-corrected chi connectivity index (χ1v) is 6.20. The van der Waals surface area contributed by atoms with E-state index in [9.17, 15) is 4.39 Å². The van der Waals surface area contributed by atoms with Crippen LogP contribution in [-0.4, -0.2) is 18.2 Å². The van der Waals surface area contributed by atoms with Crippen LogP contribution in [0.4, 0.5) is 4.39 Å². The molecule has 1 aliphatic rings. The average Bonchev–Trinajstić information content (AvgIpc) is 2.59. The minimum atomic E-state index is -0.264. The Morgan fingerprint density at radius 1 is 1.59 bits per heavy atom. The van der Waals surface area contributed by atoms with Crippen molar-refractivity contribution < 1.29 is 9.13 Å². The third-order valence-electron chi connectivity index (χ3n) is 3.62. The van der Waals surface area contributed by atoms with E-state index < -0.39 is 0 Å². The fourth-order valence-corrected chi connectivity index (χ4v) is 2.29. The molecule has 1 N–H and O–H groups in total.